The number of aliphatic imine (C=N–C) groups is 1. The van der Waals surface area contributed by atoms with Crippen LogP contribution in [0.5, 0.6) is 0 Å². The zero-order chi connectivity index (χ0) is 26.8. The van der Waals surface area contributed by atoms with Crippen molar-refractivity contribution in [3.8, 4) is 11.1 Å². The average molecular weight is 532 g/mol. The molecular formula is C29H31F2N7O. The lowest BCUT2D eigenvalue weighted by atomic mass is 9.98. The number of pyridine rings is 2. The molecule has 202 valence electrons. The molecule has 39 heavy (non-hydrogen) atoms. The third kappa shape index (κ3) is 5.97. The summed E-state index contributed by atoms with van der Waals surface area (Å²) in [6.45, 7) is 4.56. The van der Waals surface area contributed by atoms with Gasteiger partial charge in [-0.05, 0) is 61.0 Å². The summed E-state index contributed by atoms with van der Waals surface area (Å²) in [4.78, 5) is 31.0. The number of carbonyl (C=O) groups is 1. The maximum Gasteiger partial charge on any atom is 0.274 e. The van der Waals surface area contributed by atoms with Crippen LogP contribution in [0.1, 0.15) is 36.1 Å². The van der Waals surface area contributed by atoms with E-state index in [0.717, 1.165) is 53.3 Å². The maximum absolute atomic E-state index is 13.5. The van der Waals surface area contributed by atoms with Gasteiger partial charge in [0.25, 0.3) is 11.8 Å². The summed E-state index contributed by atoms with van der Waals surface area (Å²) in [6, 6.07) is 11.6. The van der Waals surface area contributed by atoms with Crippen LogP contribution in [-0.2, 0) is 17.9 Å². The third-order valence-electron chi connectivity index (χ3n) is 7.53. The molecule has 3 aliphatic rings. The standard InChI is InChI=1S/C29H31F2N7O/c30-29(31)5-10-38(11-6-29)17-20-12-22(16-32-15-20)21-2-3-26-25(13-21)27(35-19-34-26)28(39)36-23-4-7-33-24(14-23)18-37-8-1-9-37/h2-4,7,12-16,34H,1,5-6,8-11,17-19H2,(H,33,36,39). The molecule has 2 N–H and O–H groups in total. The molecule has 0 spiro atoms. The second kappa shape index (κ2) is 10.8. The molecule has 3 aromatic rings. The molecule has 10 heteroatoms. The number of piperidine rings is 1. The first kappa shape index (κ1) is 25.5. The van der Waals surface area contributed by atoms with Crippen molar-refractivity contribution in [2.45, 2.75) is 38.3 Å². The van der Waals surface area contributed by atoms with E-state index < -0.39 is 5.92 Å². The van der Waals surface area contributed by atoms with Crippen LogP contribution < -0.4 is 10.6 Å². The Labute approximate surface area is 226 Å². The number of aromatic nitrogens is 2. The minimum Gasteiger partial charge on any atom is -0.366 e. The van der Waals surface area contributed by atoms with Crippen molar-refractivity contribution in [1.29, 1.82) is 0 Å². The van der Waals surface area contributed by atoms with E-state index in [-0.39, 0.29) is 18.7 Å². The number of amides is 1. The van der Waals surface area contributed by atoms with Crippen LogP contribution in [0.15, 0.2) is 60.0 Å². The number of rotatable bonds is 7. The number of likely N-dealkylation sites (tertiary alicyclic amines) is 2. The molecule has 1 aromatic carbocycles. The molecule has 3 aliphatic heterocycles. The summed E-state index contributed by atoms with van der Waals surface area (Å²) >= 11 is 0. The van der Waals surface area contributed by atoms with Crippen molar-refractivity contribution in [3.63, 3.8) is 0 Å². The predicted molar refractivity (Wildman–Crippen MR) is 147 cm³/mol. The first-order chi connectivity index (χ1) is 18.9. The molecule has 2 fully saturated rings. The molecule has 1 amide bonds. The molecule has 6 rings (SSSR count). The summed E-state index contributed by atoms with van der Waals surface area (Å²) in [7, 11) is 0. The van der Waals surface area contributed by atoms with Gasteiger partial charge in [0.15, 0.2) is 0 Å². The molecule has 5 heterocycles. The van der Waals surface area contributed by atoms with E-state index in [4.69, 9.17) is 0 Å². The van der Waals surface area contributed by atoms with E-state index in [1.807, 2.05) is 35.2 Å². The van der Waals surface area contributed by atoms with E-state index in [2.05, 4.69) is 30.5 Å². The van der Waals surface area contributed by atoms with Crippen molar-refractivity contribution in [2.75, 3.05) is 43.5 Å². The summed E-state index contributed by atoms with van der Waals surface area (Å²) in [5.41, 5.74) is 6.30. The number of hydrogen-bond donors (Lipinski definition) is 2. The van der Waals surface area contributed by atoms with Crippen LogP contribution in [0, 0.1) is 0 Å². The van der Waals surface area contributed by atoms with Gasteiger partial charge in [-0.2, -0.15) is 0 Å². The van der Waals surface area contributed by atoms with Gasteiger partial charge < -0.3 is 10.6 Å². The molecule has 0 bridgehead atoms. The number of anilines is 2. The molecule has 0 saturated carbocycles. The van der Waals surface area contributed by atoms with Crippen LogP contribution >= 0.6 is 0 Å². The van der Waals surface area contributed by atoms with Gasteiger partial charge in [0, 0.05) is 80.1 Å². The molecular weight excluding hydrogens is 500 g/mol. The quantitative estimate of drug-likeness (QED) is 0.471. The largest absolute Gasteiger partial charge is 0.366 e. The van der Waals surface area contributed by atoms with E-state index in [9.17, 15) is 13.6 Å². The maximum atomic E-state index is 13.5. The van der Waals surface area contributed by atoms with Crippen LogP contribution in [-0.4, -0.2) is 70.2 Å². The van der Waals surface area contributed by atoms with Gasteiger partial charge in [-0.25, -0.2) is 8.78 Å². The number of carbonyl (C=O) groups excluding carboxylic acids is 1. The summed E-state index contributed by atoms with van der Waals surface area (Å²) in [5.74, 6) is -2.84. The smallest absolute Gasteiger partial charge is 0.274 e. The fourth-order valence-corrected chi connectivity index (χ4v) is 5.19. The lowest BCUT2D eigenvalue weighted by molar-refractivity contribution is -0.110. The average Bonchev–Trinajstić information content (AvgIpc) is 2.92. The number of alkyl halides is 2. The van der Waals surface area contributed by atoms with Crippen molar-refractivity contribution < 1.29 is 13.6 Å². The van der Waals surface area contributed by atoms with Gasteiger partial charge in [-0.15, -0.1) is 0 Å². The second-order valence-electron chi connectivity index (χ2n) is 10.4. The highest BCUT2D eigenvalue weighted by molar-refractivity contribution is 6.50. The Bertz CT molecular complexity index is 1400. The Morgan fingerprint density at radius 1 is 0.974 bits per heavy atom. The summed E-state index contributed by atoms with van der Waals surface area (Å²) in [5, 5.41) is 6.23. The molecule has 0 atom stereocenters. The Balaban J connectivity index is 1.18. The Morgan fingerprint density at radius 2 is 1.79 bits per heavy atom. The van der Waals surface area contributed by atoms with Gasteiger partial charge >= 0.3 is 0 Å². The Hall–Kier alpha value is -3.76. The van der Waals surface area contributed by atoms with Crippen molar-refractivity contribution in [2.24, 2.45) is 4.99 Å². The number of nitrogens with zero attached hydrogens (tertiary/aromatic N) is 5. The van der Waals surface area contributed by atoms with Crippen molar-refractivity contribution in [1.82, 2.24) is 19.8 Å². The van der Waals surface area contributed by atoms with E-state index >= 15 is 0 Å². The molecule has 2 aromatic heterocycles. The summed E-state index contributed by atoms with van der Waals surface area (Å²) < 4.78 is 27.1. The molecule has 2 saturated heterocycles. The zero-order valence-corrected chi connectivity index (χ0v) is 21.7. The first-order valence-corrected chi connectivity index (χ1v) is 13.4. The number of benzene rings is 1. The number of halogens is 2. The van der Waals surface area contributed by atoms with Crippen LogP contribution in [0.3, 0.4) is 0 Å². The first-order valence-electron chi connectivity index (χ1n) is 13.4. The highest BCUT2D eigenvalue weighted by atomic mass is 19.3. The minimum absolute atomic E-state index is 0.110. The lowest BCUT2D eigenvalue weighted by Crippen LogP contribution is -2.38. The second-order valence-corrected chi connectivity index (χ2v) is 10.4. The number of fused-ring (bicyclic) bond motifs is 1. The van der Waals surface area contributed by atoms with Crippen molar-refractivity contribution in [3.05, 3.63) is 71.8 Å². The van der Waals surface area contributed by atoms with Gasteiger partial charge in [0.05, 0.1) is 5.69 Å². The number of hydrogen-bond acceptors (Lipinski definition) is 7. The molecule has 0 unspecified atom stereocenters. The fourth-order valence-electron chi connectivity index (χ4n) is 5.19. The molecule has 0 aliphatic carbocycles. The lowest BCUT2D eigenvalue weighted by Gasteiger charge is -2.31. The van der Waals surface area contributed by atoms with Crippen molar-refractivity contribution >= 4 is 23.0 Å². The van der Waals surface area contributed by atoms with Gasteiger partial charge in [-0.3, -0.25) is 29.6 Å². The van der Waals surface area contributed by atoms with E-state index in [1.165, 1.54) is 6.42 Å². The molecule has 8 nitrogen and oxygen atoms in total. The van der Waals surface area contributed by atoms with Gasteiger partial charge in [0.1, 0.15) is 12.4 Å². The fraction of sp³-hybridized carbons (Fsp3) is 0.379. The Morgan fingerprint density at radius 3 is 2.59 bits per heavy atom. The van der Waals surface area contributed by atoms with Crippen LogP contribution in [0.2, 0.25) is 0 Å². The SMILES string of the molecule is O=C(Nc1ccnc(CN2CCC2)c1)C1=NCNc2ccc(-c3cncc(CN4CCC(F)(F)CC4)c3)cc21. The number of nitrogens with one attached hydrogen (secondary N) is 2. The minimum atomic E-state index is -2.56. The van der Waals surface area contributed by atoms with E-state index in [1.54, 1.807) is 24.7 Å². The van der Waals surface area contributed by atoms with Crippen LogP contribution in [0.4, 0.5) is 20.2 Å². The van der Waals surface area contributed by atoms with Gasteiger partial charge in [0.2, 0.25) is 0 Å². The normalized spacial score (nSPS) is 18.9. The topological polar surface area (TPSA) is 85.8 Å². The zero-order valence-electron chi connectivity index (χ0n) is 21.7. The Kier molecular flexibility index (Phi) is 7.05. The third-order valence-corrected chi connectivity index (χ3v) is 7.53. The van der Waals surface area contributed by atoms with Gasteiger partial charge in [-0.1, -0.05) is 6.07 Å². The highest BCUT2D eigenvalue weighted by Crippen LogP contribution is 2.30. The monoisotopic (exact) mass is 531 g/mol. The summed E-state index contributed by atoms with van der Waals surface area (Å²) in [6.07, 6.45) is 6.27. The predicted octanol–water partition coefficient (Wildman–Crippen LogP) is 4.39. The van der Waals surface area contributed by atoms with E-state index in [0.29, 0.717) is 37.7 Å². The highest BCUT2D eigenvalue weighted by Gasteiger charge is 2.33. The van der Waals surface area contributed by atoms with Crippen LogP contribution in [0.25, 0.3) is 11.1 Å². The molecule has 0 radical (unpaired) electrons.